The largest absolute Gasteiger partial charge is 0.348 e. The van der Waals surface area contributed by atoms with Crippen LogP contribution in [0.25, 0.3) is 28.0 Å². The molecule has 9 heteroatoms. The molecule has 0 aliphatic carbocycles. The van der Waals surface area contributed by atoms with Crippen LogP contribution in [0.4, 0.5) is 5.95 Å². The highest BCUT2D eigenvalue weighted by atomic mass is 32.2. The van der Waals surface area contributed by atoms with E-state index in [-0.39, 0.29) is 10.9 Å². The Balaban J connectivity index is 1.47. The third-order valence-electron chi connectivity index (χ3n) is 6.01. The standard InChI is InChI=1S/C29H30N6O2S/c1-20(21-10-6-5-7-11-21)32-28-30-17-16-27(33-28)35-19-31-24-18-22(14-15-25(24)35)23-12-8-9-13-26(23)38(36,37)34-29(2,3)4/h5-20,34H,1-4H3,(H,30,32,33)/t20-/m0/s1. The molecule has 0 aliphatic rings. The summed E-state index contributed by atoms with van der Waals surface area (Å²) < 4.78 is 30.9. The fraction of sp³-hybridized carbons (Fsp3) is 0.207. The van der Waals surface area contributed by atoms with Crippen molar-refractivity contribution in [2.75, 3.05) is 5.32 Å². The quantitative estimate of drug-likeness (QED) is 0.281. The van der Waals surface area contributed by atoms with Crippen LogP contribution in [0.1, 0.15) is 39.3 Å². The van der Waals surface area contributed by atoms with Gasteiger partial charge in [-0.25, -0.2) is 23.1 Å². The van der Waals surface area contributed by atoms with Gasteiger partial charge in [0.15, 0.2) is 0 Å². The van der Waals surface area contributed by atoms with Crippen LogP contribution in [0, 0.1) is 0 Å². The van der Waals surface area contributed by atoms with Gasteiger partial charge >= 0.3 is 0 Å². The molecule has 3 aromatic carbocycles. The summed E-state index contributed by atoms with van der Waals surface area (Å²) in [7, 11) is -3.72. The van der Waals surface area contributed by atoms with Crippen LogP contribution in [0.3, 0.4) is 0 Å². The van der Waals surface area contributed by atoms with Crippen molar-refractivity contribution in [3.05, 3.63) is 97.0 Å². The molecule has 0 unspecified atom stereocenters. The summed E-state index contributed by atoms with van der Waals surface area (Å²) in [6, 6.07) is 24.7. The maximum absolute atomic E-state index is 13.1. The lowest BCUT2D eigenvalue weighted by molar-refractivity contribution is 0.491. The Morgan fingerprint density at radius 3 is 2.39 bits per heavy atom. The molecule has 5 rings (SSSR count). The SMILES string of the molecule is C[C@H](Nc1nccc(-n2cnc3cc(-c4ccccc4S(=O)(=O)NC(C)(C)C)ccc32)n1)c1ccccc1. The average Bonchev–Trinajstić information content (AvgIpc) is 3.31. The molecule has 0 radical (unpaired) electrons. The van der Waals surface area contributed by atoms with Crippen LogP contribution in [0.5, 0.6) is 0 Å². The van der Waals surface area contributed by atoms with Crippen molar-refractivity contribution in [2.24, 2.45) is 0 Å². The summed E-state index contributed by atoms with van der Waals surface area (Å²) in [6.45, 7) is 7.53. The molecule has 0 spiro atoms. The molecule has 0 aliphatic heterocycles. The second-order valence-electron chi connectivity index (χ2n) is 10.2. The number of hydrogen-bond acceptors (Lipinski definition) is 6. The minimum atomic E-state index is -3.72. The monoisotopic (exact) mass is 526 g/mol. The Labute approximate surface area is 222 Å². The summed E-state index contributed by atoms with van der Waals surface area (Å²) in [4.78, 5) is 13.9. The molecule has 5 aromatic rings. The molecular weight excluding hydrogens is 496 g/mol. The smallest absolute Gasteiger partial charge is 0.241 e. The summed E-state index contributed by atoms with van der Waals surface area (Å²) in [5.74, 6) is 1.19. The van der Waals surface area contributed by atoms with Gasteiger partial charge in [0.05, 0.1) is 22.0 Å². The first-order valence-electron chi connectivity index (χ1n) is 12.4. The maximum Gasteiger partial charge on any atom is 0.241 e. The number of rotatable bonds is 7. The number of nitrogens with zero attached hydrogens (tertiary/aromatic N) is 4. The highest BCUT2D eigenvalue weighted by Gasteiger charge is 2.25. The van der Waals surface area contributed by atoms with Gasteiger partial charge in [-0.05, 0) is 63.1 Å². The van der Waals surface area contributed by atoms with E-state index < -0.39 is 15.6 Å². The van der Waals surface area contributed by atoms with Crippen LogP contribution in [0.2, 0.25) is 0 Å². The molecule has 0 saturated carbocycles. The predicted octanol–water partition coefficient (Wildman–Crippen LogP) is 5.73. The Morgan fingerprint density at radius 1 is 0.895 bits per heavy atom. The van der Waals surface area contributed by atoms with E-state index in [1.165, 1.54) is 0 Å². The Morgan fingerprint density at radius 2 is 1.63 bits per heavy atom. The van der Waals surface area contributed by atoms with E-state index in [0.717, 1.165) is 22.2 Å². The van der Waals surface area contributed by atoms with Gasteiger partial charge in [-0.15, -0.1) is 0 Å². The fourth-order valence-corrected chi connectivity index (χ4v) is 5.98. The van der Waals surface area contributed by atoms with Gasteiger partial charge in [-0.1, -0.05) is 54.6 Å². The first kappa shape index (κ1) is 25.6. The first-order chi connectivity index (χ1) is 18.1. The van der Waals surface area contributed by atoms with E-state index in [4.69, 9.17) is 4.98 Å². The molecule has 2 aromatic heterocycles. The minimum absolute atomic E-state index is 0.0395. The van der Waals surface area contributed by atoms with Gasteiger partial charge in [-0.2, -0.15) is 4.98 Å². The van der Waals surface area contributed by atoms with E-state index in [2.05, 4.69) is 39.1 Å². The van der Waals surface area contributed by atoms with Crippen molar-refractivity contribution in [1.29, 1.82) is 0 Å². The van der Waals surface area contributed by atoms with Crippen molar-refractivity contribution >= 4 is 27.0 Å². The zero-order valence-electron chi connectivity index (χ0n) is 21.8. The van der Waals surface area contributed by atoms with Gasteiger partial charge in [0.2, 0.25) is 16.0 Å². The van der Waals surface area contributed by atoms with E-state index in [0.29, 0.717) is 17.3 Å². The normalized spacial score (nSPS) is 12.9. The van der Waals surface area contributed by atoms with E-state index in [1.807, 2.05) is 79.9 Å². The Kier molecular flexibility index (Phi) is 6.73. The molecule has 2 N–H and O–H groups in total. The van der Waals surface area contributed by atoms with Crippen molar-refractivity contribution in [2.45, 2.75) is 44.2 Å². The minimum Gasteiger partial charge on any atom is -0.348 e. The van der Waals surface area contributed by atoms with Gasteiger partial charge in [0.25, 0.3) is 0 Å². The van der Waals surface area contributed by atoms with Crippen molar-refractivity contribution < 1.29 is 8.42 Å². The summed E-state index contributed by atoms with van der Waals surface area (Å²) in [6.07, 6.45) is 3.43. The number of anilines is 1. The van der Waals surface area contributed by atoms with Gasteiger partial charge in [0.1, 0.15) is 12.1 Å². The van der Waals surface area contributed by atoms with Gasteiger partial charge < -0.3 is 5.32 Å². The number of nitrogens with one attached hydrogen (secondary N) is 2. The number of benzene rings is 3. The highest BCUT2D eigenvalue weighted by Crippen LogP contribution is 2.31. The second kappa shape index (κ2) is 10.00. The molecular formula is C29H30N6O2S. The number of imidazole rings is 1. The number of hydrogen-bond donors (Lipinski definition) is 2. The first-order valence-corrected chi connectivity index (χ1v) is 13.8. The van der Waals surface area contributed by atoms with E-state index in [9.17, 15) is 8.42 Å². The lowest BCUT2D eigenvalue weighted by Gasteiger charge is -2.21. The summed E-state index contributed by atoms with van der Waals surface area (Å²) in [5.41, 5.74) is 3.50. The molecule has 194 valence electrons. The topological polar surface area (TPSA) is 102 Å². The van der Waals surface area contributed by atoms with Gasteiger partial charge in [0, 0.05) is 17.3 Å². The lowest BCUT2D eigenvalue weighted by atomic mass is 10.1. The molecule has 0 bridgehead atoms. The molecule has 0 amide bonds. The molecule has 38 heavy (non-hydrogen) atoms. The van der Waals surface area contributed by atoms with Crippen LogP contribution >= 0.6 is 0 Å². The van der Waals surface area contributed by atoms with E-state index >= 15 is 0 Å². The highest BCUT2D eigenvalue weighted by molar-refractivity contribution is 7.89. The number of aromatic nitrogens is 4. The third-order valence-corrected chi connectivity index (χ3v) is 7.82. The Hall–Kier alpha value is -4.08. The lowest BCUT2D eigenvalue weighted by Crippen LogP contribution is -2.40. The van der Waals surface area contributed by atoms with Crippen molar-refractivity contribution in [3.63, 3.8) is 0 Å². The maximum atomic E-state index is 13.1. The Bertz CT molecular complexity index is 1690. The third kappa shape index (κ3) is 5.44. The average molecular weight is 527 g/mol. The second-order valence-corrected chi connectivity index (χ2v) is 11.8. The van der Waals surface area contributed by atoms with Crippen LogP contribution in [0.15, 0.2) is 96.3 Å². The van der Waals surface area contributed by atoms with E-state index in [1.54, 1.807) is 24.7 Å². The van der Waals surface area contributed by atoms with Crippen LogP contribution in [-0.4, -0.2) is 33.5 Å². The molecule has 0 saturated heterocycles. The summed E-state index contributed by atoms with van der Waals surface area (Å²) in [5, 5.41) is 3.36. The predicted molar refractivity (Wildman–Crippen MR) is 151 cm³/mol. The van der Waals surface area contributed by atoms with Crippen LogP contribution < -0.4 is 10.0 Å². The number of sulfonamides is 1. The van der Waals surface area contributed by atoms with Crippen molar-refractivity contribution in [3.8, 4) is 16.9 Å². The molecule has 0 fully saturated rings. The summed E-state index contributed by atoms with van der Waals surface area (Å²) >= 11 is 0. The van der Waals surface area contributed by atoms with Crippen LogP contribution in [-0.2, 0) is 10.0 Å². The molecule has 2 heterocycles. The molecule has 1 atom stereocenters. The fourth-order valence-electron chi connectivity index (χ4n) is 4.33. The zero-order valence-corrected chi connectivity index (χ0v) is 22.6. The molecule has 8 nitrogen and oxygen atoms in total. The zero-order chi connectivity index (χ0) is 26.9. The van der Waals surface area contributed by atoms with Gasteiger partial charge in [-0.3, -0.25) is 4.57 Å². The number of fused-ring (bicyclic) bond motifs is 1. The van der Waals surface area contributed by atoms with Crippen molar-refractivity contribution in [1.82, 2.24) is 24.2 Å².